The number of ether oxygens (including phenoxy) is 2. The zero-order chi connectivity index (χ0) is 22.5. The second-order valence-corrected chi connectivity index (χ2v) is 10.1. The minimum atomic E-state index is -3.91. The van der Waals surface area contributed by atoms with E-state index in [2.05, 4.69) is 42.6 Å². The third-order valence-corrected chi connectivity index (χ3v) is 6.49. The highest BCUT2D eigenvalue weighted by atomic mass is 32.2. The highest BCUT2D eigenvalue weighted by Crippen LogP contribution is 2.32. The van der Waals surface area contributed by atoms with E-state index in [0.717, 1.165) is 0 Å². The van der Waals surface area contributed by atoms with Crippen LogP contribution in [0.1, 0.15) is 41.5 Å². The van der Waals surface area contributed by atoms with Crippen LogP contribution in [-0.2, 0) is 14.8 Å². The standard InChI is InChI=1S/C21H35N3O5S/c1-14(2)20(21(25)22-9-10-24(15(3)4)16(5)6)23-30(26,27)17-7-8-18-19(13-17)29-12-11-28-18/h7-8,13-16,20,23H,9-12H2,1-6H3,(H,22,25)/t20-/m1/s1. The average molecular weight is 442 g/mol. The fourth-order valence-corrected chi connectivity index (χ4v) is 4.81. The lowest BCUT2D eigenvalue weighted by Gasteiger charge is -2.31. The predicted octanol–water partition coefficient (Wildman–Crippen LogP) is 2.00. The number of nitrogens with zero attached hydrogens (tertiary/aromatic N) is 1. The maximum Gasteiger partial charge on any atom is 0.241 e. The Bertz CT molecular complexity index is 816. The quantitative estimate of drug-likeness (QED) is 0.576. The molecular weight excluding hydrogens is 406 g/mol. The number of benzene rings is 1. The lowest BCUT2D eigenvalue weighted by molar-refractivity contribution is -0.123. The highest BCUT2D eigenvalue weighted by molar-refractivity contribution is 7.89. The van der Waals surface area contributed by atoms with Crippen molar-refractivity contribution in [1.82, 2.24) is 14.9 Å². The summed E-state index contributed by atoms with van der Waals surface area (Å²) >= 11 is 0. The summed E-state index contributed by atoms with van der Waals surface area (Å²) < 4.78 is 39.3. The van der Waals surface area contributed by atoms with Crippen LogP contribution in [0.5, 0.6) is 11.5 Å². The first-order chi connectivity index (χ1) is 14.0. The molecule has 1 heterocycles. The van der Waals surface area contributed by atoms with Crippen molar-refractivity contribution < 1.29 is 22.7 Å². The van der Waals surface area contributed by atoms with E-state index >= 15 is 0 Å². The highest BCUT2D eigenvalue weighted by Gasteiger charge is 2.29. The van der Waals surface area contributed by atoms with Gasteiger partial charge in [0, 0.05) is 31.2 Å². The second-order valence-electron chi connectivity index (χ2n) is 8.36. The molecule has 8 nitrogen and oxygen atoms in total. The van der Waals surface area contributed by atoms with Crippen LogP contribution in [0.15, 0.2) is 23.1 Å². The van der Waals surface area contributed by atoms with Gasteiger partial charge in [-0.15, -0.1) is 0 Å². The van der Waals surface area contributed by atoms with Crippen LogP contribution >= 0.6 is 0 Å². The fourth-order valence-electron chi connectivity index (χ4n) is 3.45. The fraction of sp³-hybridized carbons (Fsp3) is 0.667. The summed E-state index contributed by atoms with van der Waals surface area (Å²) in [5, 5.41) is 2.88. The van der Waals surface area contributed by atoms with E-state index < -0.39 is 16.1 Å². The van der Waals surface area contributed by atoms with Gasteiger partial charge in [0.05, 0.1) is 4.90 Å². The van der Waals surface area contributed by atoms with Crippen LogP contribution in [0.3, 0.4) is 0 Å². The van der Waals surface area contributed by atoms with Crippen molar-refractivity contribution in [2.75, 3.05) is 26.3 Å². The number of fused-ring (bicyclic) bond motifs is 1. The molecule has 30 heavy (non-hydrogen) atoms. The van der Waals surface area contributed by atoms with Crippen molar-refractivity contribution in [3.05, 3.63) is 18.2 Å². The van der Waals surface area contributed by atoms with Crippen LogP contribution < -0.4 is 19.5 Å². The van der Waals surface area contributed by atoms with Gasteiger partial charge < -0.3 is 14.8 Å². The first kappa shape index (κ1) is 24.4. The molecular formula is C21H35N3O5S. The molecule has 2 N–H and O–H groups in total. The second kappa shape index (κ2) is 10.5. The van der Waals surface area contributed by atoms with Crippen molar-refractivity contribution in [2.24, 2.45) is 5.92 Å². The Labute approximate surface area is 180 Å². The smallest absolute Gasteiger partial charge is 0.241 e. The van der Waals surface area contributed by atoms with E-state index in [1.807, 2.05) is 13.8 Å². The molecule has 0 radical (unpaired) electrons. The molecule has 0 spiro atoms. The maximum absolute atomic E-state index is 12.9. The van der Waals surface area contributed by atoms with Gasteiger partial charge >= 0.3 is 0 Å². The van der Waals surface area contributed by atoms with Crippen LogP contribution in [0.25, 0.3) is 0 Å². The summed E-state index contributed by atoms with van der Waals surface area (Å²) in [6, 6.07) is 4.28. The van der Waals surface area contributed by atoms with Crippen molar-refractivity contribution >= 4 is 15.9 Å². The van der Waals surface area contributed by atoms with Crippen LogP contribution in [-0.4, -0.2) is 63.7 Å². The molecule has 1 amide bonds. The first-order valence-electron chi connectivity index (χ1n) is 10.5. The van der Waals surface area contributed by atoms with Gasteiger partial charge in [-0.25, -0.2) is 8.42 Å². The van der Waals surface area contributed by atoms with Crippen molar-refractivity contribution in [3.8, 4) is 11.5 Å². The Balaban J connectivity index is 2.06. The van der Waals surface area contributed by atoms with Crippen molar-refractivity contribution in [3.63, 3.8) is 0 Å². The topological polar surface area (TPSA) is 97.0 Å². The molecule has 1 aromatic carbocycles. The van der Waals surface area contributed by atoms with Gasteiger partial charge in [-0.2, -0.15) is 4.72 Å². The Hall–Kier alpha value is -1.84. The molecule has 1 aromatic rings. The maximum atomic E-state index is 12.9. The van der Waals surface area contributed by atoms with Gasteiger partial charge in [-0.3, -0.25) is 9.69 Å². The van der Waals surface area contributed by atoms with E-state index in [1.165, 1.54) is 12.1 Å². The molecule has 1 aliphatic heterocycles. The lowest BCUT2D eigenvalue weighted by atomic mass is 10.1. The van der Waals surface area contributed by atoms with Gasteiger partial charge in [-0.1, -0.05) is 13.8 Å². The molecule has 0 saturated carbocycles. The van der Waals surface area contributed by atoms with E-state index in [4.69, 9.17) is 9.47 Å². The number of hydrogen-bond donors (Lipinski definition) is 2. The molecule has 0 aliphatic carbocycles. The van der Waals surface area contributed by atoms with E-state index in [-0.39, 0.29) is 16.7 Å². The molecule has 1 aliphatic rings. The molecule has 2 rings (SSSR count). The number of rotatable bonds is 10. The van der Waals surface area contributed by atoms with Crippen LogP contribution in [0.2, 0.25) is 0 Å². The summed E-state index contributed by atoms with van der Waals surface area (Å²) in [4.78, 5) is 15.1. The van der Waals surface area contributed by atoms with Crippen molar-refractivity contribution in [1.29, 1.82) is 0 Å². The minimum absolute atomic E-state index is 0.0380. The van der Waals surface area contributed by atoms with E-state index in [9.17, 15) is 13.2 Å². The number of amides is 1. The summed E-state index contributed by atoms with van der Waals surface area (Å²) in [6.07, 6.45) is 0. The number of nitrogens with one attached hydrogen (secondary N) is 2. The zero-order valence-corrected chi connectivity index (χ0v) is 19.6. The summed E-state index contributed by atoms with van der Waals surface area (Å²) in [7, 11) is -3.91. The van der Waals surface area contributed by atoms with Gasteiger partial charge in [0.15, 0.2) is 11.5 Å². The molecule has 1 atom stereocenters. The molecule has 170 valence electrons. The summed E-state index contributed by atoms with van der Waals surface area (Å²) in [5.74, 6) is 0.345. The van der Waals surface area contributed by atoms with Crippen LogP contribution in [0, 0.1) is 5.92 Å². The predicted molar refractivity (Wildman–Crippen MR) is 116 cm³/mol. The van der Waals surface area contributed by atoms with Crippen molar-refractivity contribution in [2.45, 2.75) is 64.6 Å². The monoisotopic (exact) mass is 441 g/mol. The summed E-state index contributed by atoms with van der Waals surface area (Å²) in [6.45, 7) is 14.0. The van der Waals surface area contributed by atoms with E-state index in [0.29, 0.717) is 49.9 Å². The normalized spacial score (nSPS) is 15.1. The third-order valence-electron chi connectivity index (χ3n) is 5.05. The molecule has 0 fully saturated rings. The zero-order valence-electron chi connectivity index (χ0n) is 18.8. The van der Waals surface area contributed by atoms with Crippen LogP contribution in [0.4, 0.5) is 0 Å². The van der Waals surface area contributed by atoms with Gasteiger partial charge in [0.25, 0.3) is 0 Å². The number of carbonyl (C=O) groups is 1. The summed E-state index contributed by atoms with van der Waals surface area (Å²) in [5.41, 5.74) is 0. The molecule has 0 saturated heterocycles. The Morgan fingerprint density at radius 2 is 1.63 bits per heavy atom. The Kier molecular flexibility index (Phi) is 8.52. The van der Waals surface area contributed by atoms with Gasteiger partial charge in [0.1, 0.15) is 19.3 Å². The molecule has 0 unspecified atom stereocenters. The van der Waals surface area contributed by atoms with Gasteiger partial charge in [-0.05, 0) is 45.7 Å². The number of carbonyl (C=O) groups excluding carboxylic acids is 1. The largest absolute Gasteiger partial charge is 0.486 e. The van der Waals surface area contributed by atoms with E-state index in [1.54, 1.807) is 6.07 Å². The third kappa shape index (κ3) is 6.33. The molecule has 0 aromatic heterocycles. The van der Waals surface area contributed by atoms with Gasteiger partial charge in [0.2, 0.25) is 15.9 Å². The first-order valence-corrected chi connectivity index (χ1v) is 12.0. The number of hydrogen-bond acceptors (Lipinski definition) is 6. The average Bonchev–Trinajstić information content (AvgIpc) is 2.68. The Morgan fingerprint density at radius 3 is 2.20 bits per heavy atom. The Morgan fingerprint density at radius 1 is 1.03 bits per heavy atom. The minimum Gasteiger partial charge on any atom is -0.486 e. The number of sulfonamides is 1. The molecule has 9 heteroatoms. The SMILES string of the molecule is CC(C)[C@@H](NS(=O)(=O)c1ccc2c(c1)OCCO2)C(=O)NCCN(C(C)C)C(C)C. The lowest BCUT2D eigenvalue weighted by Crippen LogP contribution is -2.51. The molecule has 0 bridgehead atoms.